The quantitative estimate of drug-likeness (QED) is 0.215. The molecule has 0 bridgehead atoms. The van der Waals surface area contributed by atoms with Crippen molar-refractivity contribution >= 4 is 34.9 Å². The Kier molecular flexibility index (Phi) is 9.39. The van der Waals surface area contributed by atoms with Gasteiger partial charge in [0.05, 0.1) is 0 Å². The van der Waals surface area contributed by atoms with E-state index in [1.165, 1.54) is 22.8 Å². The fraction of sp³-hybridized carbons (Fsp3) is 0.310. The van der Waals surface area contributed by atoms with Crippen LogP contribution in [-0.4, -0.2) is 24.5 Å². The van der Waals surface area contributed by atoms with Crippen LogP contribution in [0.5, 0.6) is 0 Å². The average molecular weight is 463 g/mol. The summed E-state index contributed by atoms with van der Waals surface area (Å²) in [7, 11) is -2.20. The number of benzene rings is 3. The maximum absolute atomic E-state index is 12.1. The van der Waals surface area contributed by atoms with E-state index in [1.54, 1.807) is 6.92 Å². The van der Waals surface area contributed by atoms with E-state index in [0.29, 0.717) is 6.42 Å². The van der Waals surface area contributed by atoms with Crippen LogP contribution in [0.1, 0.15) is 39.5 Å². The van der Waals surface area contributed by atoms with Crippen LogP contribution in [-0.2, 0) is 14.3 Å². The standard InChI is InChI=1S/C29H35O3P/c1-24(25(2)30)23-32-29(31)21-13-6-14-22-33(26-15-7-3-8-16-26,27-17-9-4-10-18-27)28-19-11-5-12-20-28/h3-5,7-12,15-20,24,33H,6,13-14,21-23H2,1-2H3. The Morgan fingerprint density at radius 2 is 1.18 bits per heavy atom. The van der Waals surface area contributed by atoms with E-state index in [2.05, 4.69) is 91.0 Å². The molecule has 3 rings (SSSR count). The number of carbonyl (C=O) groups is 2. The number of rotatable bonds is 12. The summed E-state index contributed by atoms with van der Waals surface area (Å²) in [6.07, 6.45) is 4.30. The van der Waals surface area contributed by atoms with Gasteiger partial charge >= 0.3 is 198 Å². The van der Waals surface area contributed by atoms with E-state index in [4.69, 9.17) is 4.74 Å². The number of carbonyl (C=O) groups excluding carboxylic acids is 2. The minimum absolute atomic E-state index is 0.0480. The van der Waals surface area contributed by atoms with Gasteiger partial charge in [-0.3, -0.25) is 0 Å². The van der Waals surface area contributed by atoms with Crippen LogP contribution in [0, 0.1) is 5.92 Å². The van der Waals surface area contributed by atoms with Crippen LogP contribution in [0.3, 0.4) is 0 Å². The molecule has 3 nitrogen and oxygen atoms in total. The first kappa shape index (κ1) is 24.9. The molecule has 0 spiro atoms. The molecule has 1 unspecified atom stereocenters. The number of hydrogen-bond donors (Lipinski definition) is 0. The normalized spacial score (nSPS) is 12.7. The summed E-state index contributed by atoms with van der Waals surface area (Å²) < 4.78 is 5.27. The third-order valence-corrected chi connectivity index (χ3v) is 11.5. The van der Waals surface area contributed by atoms with Crippen LogP contribution in [0.25, 0.3) is 0 Å². The molecule has 0 saturated heterocycles. The van der Waals surface area contributed by atoms with Gasteiger partial charge in [0.25, 0.3) is 0 Å². The number of ether oxygens (including phenoxy) is 1. The molecule has 0 aromatic heterocycles. The summed E-state index contributed by atoms with van der Waals surface area (Å²) in [5.74, 6) is -0.393. The first-order valence-electron chi connectivity index (χ1n) is 11.9. The van der Waals surface area contributed by atoms with Crippen molar-refractivity contribution in [1.82, 2.24) is 0 Å². The zero-order valence-corrected chi connectivity index (χ0v) is 20.7. The molecule has 0 aliphatic carbocycles. The van der Waals surface area contributed by atoms with E-state index < -0.39 is 7.26 Å². The van der Waals surface area contributed by atoms with Crippen LogP contribution in [0.4, 0.5) is 0 Å². The molecule has 3 aromatic rings. The molecule has 33 heavy (non-hydrogen) atoms. The molecule has 0 heterocycles. The molecule has 0 fully saturated rings. The Morgan fingerprint density at radius 1 is 0.727 bits per heavy atom. The molecule has 0 saturated carbocycles. The molecular formula is C29H35O3P. The number of esters is 1. The van der Waals surface area contributed by atoms with E-state index in [9.17, 15) is 9.59 Å². The molecule has 0 radical (unpaired) electrons. The Balaban J connectivity index is 1.72. The Bertz CT molecular complexity index is 906. The van der Waals surface area contributed by atoms with Crippen molar-refractivity contribution in [3.63, 3.8) is 0 Å². The Hall–Kier alpha value is -2.77. The number of Topliss-reactive ketones (excluding diaryl/α,β-unsaturated/α-hetero) is 1. The van der Waals surface area contributed by atoms with Crippen molar-refractivity contribution in [3.8, 4) is 0 Å². The summed E-state index contributed by atoms with van der Waals surface area (Å²) in [4.78, 5) is 23.4. The van der Waals surface area contributed by atoms with E-state index >= 15 is 0 Å². The summed E-state index contributed by atoms with van der Waals surface area (Å²) in [5, 5.41) is 4.25. The van der Waals surface area contributed by atoms with Crippen molar-refractivity contribution in [2.75, 3.05) is 12.8 Å². The average Bonchev–Trinajstić information content (AvgIpc) is 2.86. The molecule has 4 heteroatoms. The second-order valence-electron chi connectivity index (χ2n) is 8.76. The van der Waals surface area contributed by atoms with E-state index in [-0.39, 0.29) is 24.3 Å². The van der Waals surface area contributed by atoms with Crippen LogP contribution < -0.4 is 15.9 Å². The fourth-order valence-electron chi connectivity index (χ4n) is 4.34. The van der Waals surface area contributed by atoms with Crippen molar-refractivity contribution < 1.29 is 14.3 Å². The second kappa shape index (κ2) is 12.5. The van der Waals surface area contributed by atoms with Gasteiger partial charge in [-0.15, -0.1) is 0 Å². The van der Waals surface area contributed by atoms with Crippen LogP contribution >= 0.6 is 7.26 Å². The Morgan fingerprint density at radius 3 is 1.61 bits per heavy atom. The molecule has 174 valence electrons. The first-order valence-corrected chi connectivity index (χ1v) is 14.1. The molecule has 1 atom stereocenters. The number of unbranched alkanes of at least 4 members (excludes halogenated alkanes) is 2. The SMILES string of the molecule is CC(=O)C(C)COC(=O)CCCCC[PH](c1ccccc1)(c1ccccc1)c1ccccc1. The predicted octanol–water partition coefficient (Wildman–Crippen LogP) is 5.04. The molecule has 0 amide bonds. The van der Waals surface area contributed by atoms with E-state index in [1.807, 2.05) is 0 Å². The van der Waals surface area contributed by atoms with Crippen molar-refractivity contribution in [2.45, 2.75) is 39.5 Å². The monoisotopic (exact) mass is 462 g/mol. The number of hydrogen-bond acceptors (Lipinski definition) is 3. The third-order valence-electron chi connectivity index (χ3n) is 6.42. The molecular weight excluding hydrogens is 427 g/mol. The van der Waals surface area contributed by atoms with Gasteiger partial charge in [0.2, 0.25) is 0 Å². The summed E-state index contributed by atoms with van der Waals surface area (Å²) >= 11 is 0. The molecule has 0 N–H and O–H groups in total. The van der Waals surface area contributed by atoms with Gasteiger partial charge in [0.1, 0.15) is 0 Å². The van der Waals surface area contributed by atoms with E-state index in [0.717, 1.165) is 25.4 Å². The number of ketones is 1. The van der Waals surface area contributed by atoms with Gasteiger partial charge in [0, 0.05) is 0 Å². The van der Waals surface area contributed by atoms with Gasteiger partial charge in [-0.05, 0) is 0 Å². The first-order chi connectivity index (χ1) is 16.0. The van der Waals surface area contributed by atoms with Crippen molar-refractivity contribution in [2.24, 2.45) is 5.92 Å². The van der Waals surface area contributed by atoms with Crippen LogP contribution in [0.2, 0.25) is 0 Å². The van der Waals surface area contributed by atoms with Crippen molar-refractivity contribution in [1.29, 1.82) is 0 Å². The Labute approximate surface area is 198 Å². The second-order valence-corrected chi connectivity index (χ2v) is 12.8. The van der Waals surface area contributed by atoms with Gasteiger partial charge in [-0.2, -0.15) is 0 Å². The molecule has 0 aliphatic rings. The van der Waals surface area contributed by atoms with Crippen molar-refractivity contribution in [3.05, 3.63) is 91.0 Å². The van der Waals surface area contributed by atoms with Gasteiger partial charge in [-0.25, -0.2) is 0 Å². The minimum atomic E-state index is -2.20. The summed E-state index contributed by atoms with van der Waals surface area (Å²) in [6, 6.07) is 32.7. The zero-order chi connectivity index (χ0) is 23.5. The summed E-state index contributed by atoms with van der Waals surface area (Å²) in [6.45, 7) is 3.50. The molecule has 3 aromatic carbocycles. The van der Waals surface area contributed by atoms with Gasteiger partial charge < -0.3 is 0 Å². The molecule has 0 aliphatic heterocycles. The predicted molar refractivity (Wildman–Crippen MR) is 141 cm³/mol. The van der Waals surface area contributed by atoms with Crippen LogP contribution in [0.15, 0.2) is 91.0 Å². The zero-order valence-electron chi connectivity index (χ0n) is 19.7. The summed E-state index contributed by atoms with van der Waals surface area (Å²) in [5.41, 5.74) is 0. The van der Waals surface area contributed by atoms with Gasteiger partial charge in [-0.1, -0.05) is 0 Å². The topological polar surface area (TPSA) is 43.4 Å². The fourth-order valence-corrected chi connectivity index (χ4v) is 9.28. The third kappa shape index (κ3) is 6.62. The maximum atomic E-state index is 12.1. The van der Waals surface area contributed by atoms with Gasteiger partial charge in [0.15, 0.2) is 0 Å².